The van der Waals surface area contributed by atoms with Crippen LogP contribution in [0, 0.1) is 0 Å². The molecule has 9 aromatic rings. The highest BCUT2D eigenvalue weighted by atomic mass is 32.3. The Hall–Kier alpha value is -6.03. The molecule has 0 heterocycles. The smallest absolute Gasteiger partial charge is 0.323 e. The molecule has 0 radical (unpaired) electrons. The van der Waals surface area contributed by atoms with E-state index >= 15 is 0 Å². The number of hydrogen-bond acceptors (Lipinski definition) is 3. The van der Waals surface area contributed by atoms with Gasteiger partial charge in [-0.1, -0.05) is 195 Å². The highest BCUT2D eigenvalue weighted by molar-refractivity contribution is 8.32. The third kappa shape index (κ3) is 8.00. The maximum absolute atomic E-state index is 8.12. The lowest BCUT2D eigenvalue weighted by atomic mass is 10.3. The summed E-state index contributed by atoms with van der Waals surface area (Å²) in [5.41, 5.74) is 0. The molecule has 61 heavy (non-hydrogen) atoms. The molecule has 0 spiro atoms. The van der Waals surface area contributed by atoms with Crippen molar-refractivity contribution in [3.8, 4) is 0 Å². The minimum atomic E-state index is -2.59. The second-order valence-electron chi connectivity index (χ2n) is 14.1. The highest BCUT2D eigenvalue weighted by Crippen LogP contribution is 2.76. The summed E-state index contributed by atoms with van der Waals surface area (Å²) in [7, 11) is -9.06. The standard InChI is InChI=1S/C54H45BO3S3/c1-10-28-46(29-11-1)59(47-30-12-2-13-31-47,48-32-14-3-15-33-48)56-55(57-60(49-34-16-4-17-35-49,50-36-18-5-19-37-50)51-38-20-6-21-39-51)58-61(52-40-22-7-23-41-52,53-42-24-8-25-43-53)54-44-26-9-27-45-54/h1-45H. The zero-order valence-corrected chi connectivity index (χ0v) is 36.0. The SMILES string of the molecule is c1ccc(S(OB(OS(c2ccccc2)(c2ccccc2)c2ccccc2)OS(c2ccccc2)(c2ccccc2)c2ccccc2)(c2ccccc2)c2ccccc2)cc1. The molecule has 0 aliphatic rings. The van der Waals surface area contributed by atoms with Crippen molar-refractivity contribution in [1.82, 2.24) is 0 Å². The first-order chi connectivity index (χ1) is 30.2. The Morgan fingerprint density at radius 2 is 0.295 bits per heavy atom. The maximum atomic E-state index is 8.12. The molecule has 0 aliphatic carbocycles. The molecule has 0 saturated carbocycles. The maximum Gasteiger partial charge on any atom is 0.673 e. The Bertz CT molecular complexity index is 2110. The molecule has 0 amide bonds. The predicted molar refractivity (Wildman–Crippen MR) is 254 cm³/mol. The molecular formula is C54H45BO3S3. The Morgan fingerprint density at radius 3 is 0.410 bits per heavy atom. The minimum absolute atomic E-state index is 1.02. The lowest BCUT2D eigenvalue weighted by molar-refractivity contribution is 0.353. The van der Waals surface area contributed by atoms with Crippen LogP contribution in [-0.2, 0) is 12.3 Å². The Labute approximate surface area is 365 Å². The molecule has 3 nitrogen and oxygen atoms in total. The van der Waals surface area contributed by atoms with Gasteiger partial charge in [0, 0.05) is 44.1 Å². The molecule has 0 N–H and O–H groups in total. The molecule has 300 valence electrons. The van der Waals surface area contributed by atoms with Crippen molar-refractivity contribution in [3.63, 3.8) is 0 Å². The van der Waals surface area contributed by atoms with E-state index in [2.05, 4.69) is 273 Å². The van der Waals surface area contributed by atoms with Gasteiger partial charge in [-0.2, -0.15) is 0 Å². The number of hydrogen-bond donors (Lipinski definition) is 0. The lowest BCUT2D eigenvalue weighted by Gasteiger charge is -2.49. The number of rotatable bonds is 15. The Morgan fingerprint density at radius 1 is 0.180 bits per heavy atom. The van der Waals surface area contributed by atoms with E-state index in [4.69, 9.17) is 12.3 Å². The first kappa shape index (κ1) is 40.4. The number of benzene rings is 9. The molecule has 0 atom stereocenters. The molecule has 9 aromatic carbocycles. The van der Waals surface area contributed by atoms with Gasteiger partial charge in [0.15, 0.2) is 0 Å². The van der Waals surface area contributed by atoms with E-state index in [1.807, 2.05) is 0 Å². The largest absolute Gasteiger partial charge is 0.673 e. The summed E-state index contributed by atoms with van der Waals surface area (Å²) in [6, 6.07) is 95.1. The van der Waals surface area contributed by atoms with Crippen molar-refractivity contribution >= 4 is 38.2 Å². The summed E-state index contributed by atoms with van der Waals surface area (Å²) in [6.07, 6.45) is 0. The van der Waals surface area contributed by atoms with E-state index in [1.165, 1.54) is 0 Å². The molecule has 0 saturated heterocycles. The fourth-order valence-corrected chi connectivity index (χ4v) is 17.0. The van der Waals surface area contributed by atoms with Gasteiger partial charge in [-0.15, -0.1) is 0 Å². The topological polar surface area (TPSA) is 27.7 Å². The van der Waals surface area contributed by atoms with Crippen LogP contribution in [0.3, 0.4) is 0 Å². The lowest BCUT2D eigenvalue weighted by Crippen LogP contribution is -2.33. The molecule has 0 fully saturated rings. The van der Waals surface area contributed by atoms with Gasteiger partial charge in [0.05, 0.1) is 0 Å². The molecule has 0 aromatic heterocycles. The first-order valence-electron chi connectivity index (χ1n) is 20.2. The van der Waals surface area contributed by atoms with Crippen LogP contribution in [0.15, 0.2) is 317 Å². The van der Waals surface area contributed by atoms with E-state index in [1.54, 1.807) is 0 Å². The fraction of sp³-hybridized carbons (Fsp3) is 0. The van der Waals surface area contributed by atoms with Gasteiger partial charge in [0.1, 0.15) is 0 Å². The van der Waals surface area contributed by atoms with Gasteiger partial charge in [-0.3, -0.25) is 0 Å². The normalized spacial score (nSPS) is 12.6. The summed E-state index contributed by atoms with van der Waals surface area (Å²) >= 11 is 0. The van der Waals surface area contributed by atoms with E-state index in [-0.39, 0.29) is 0 Å². The van der Waals surface area contributed by atoms with Gasteiger partial charge in [0.25, 0.3) is 0 Å². The Kier molecular flexibility index (Phi) is 12.4. The van der Waals surface area contributed by atoms with Crippen molar-refractivity contribution in [3.05, 3.63) is 273 Å². The van der Waals surface area contributed by atoms with Crippen LogP contribution in [0.1, 0.15) is 0 Å². The van der Waals surface area contributed by atoms with Crippen molar-refractivity contribution in [2.24, 2.45) is 0 Å². The average Bonchev–Trinajstić information content (AvgIpc) is 3.36. The summed E-state index contributed by atoms with van der Waals surface area (Å²) in [6.45, 7) is 0. The van der Waals surface area contributed by atoms with Gasteiger partial charge in [0.2, 0.25) is 0 Å². The van der Waals surface area contributed by atoms with E-state index in [0.29, 0.717) is 0 Å². The Balaban J connectivity index is 1.39. The third-order valence-electron chi connectivity index (χ3n) is 10.3. The van der Waals surface area contributed by atoms with Crippen molar-refractivity contribution < 1.29 is 12.3 Å². The van der Waals surface area contributed by atoms with Crippen molar-refractivity contribution in [1.29, 1.82) is 0 Å². The fourth-order valence-electron chi connectivity index (χ4n) is 7.64. The highest BCUT2D eigenvalue weighted by Gasteiger charge is 2.49. The van der Waals surface area contributed by atoms with Crippen LogP contribution in [-0.4, -0.2) is 7.32 Å². The predicted octanol–water partition coefficient (Wildman–Crippen LogP) is 15.7. The van der Waals surface area contributed by atoms with E-state index in [9.17, 15) is 0 Å². The monoisotopic (exact) mass is 848 g/mol. The molecular weight excluding hydrogens is 804 g/mol. The zero-order valence-electron chi connectivity index (χ0n) is 33.5. The molecule has 0 aliphatic heterocycles. The summed E-state index contributed by atoms with van der Waals surface area (Å²) < 4.78 is 24.4. The minimum Gasteiger partial charge on any atom is -0.323 e. The third-order valence-corrected chi connectivity index (χ3v) is 20.1. The van der Waals surface area contributed by atoms with Crippen LogP contribution >= 0.6 is 30.9 Å². The average molecular weight is 849 g/mol. The van der Waals surface area contributed by atoms with E-state index in [0.717, 1.165) is 44.1 Å². The van der Waals surface area contributed by atoms with Gasteiger partial charge in [-0.25, -0.2) is 0 Å². The molecule has 0 unspecified atom stereocenters. The zero-order chi connectivity index (χ0) is 41.2. The van der Waals surface area contributed by atoms with E-state index < -0.39 is 38.2 Å². The van der Waals surface area contributed by atoms with Crippen LogP contribution in [0.5, 0.6) is 0 Å². The summed E-state index contributed by atoms with van der Waals surface area (Å²) in [4.78, 5) is 9.16. The molecule has 7 heteroatoms. The second kappa shape index (κ2) is 18.7. The molecule has 0 bridgehead atoms. The van der Waals surface area contributed by atoms with Crippen molar-refractivity contribution in [2.75, 3.05) is 0 Å². The van der Waals surface area contributed by atoms with Crippen molar-refractivity contribution in [2.45, 2.75) is 44.1 Å². The summed E-state index contributed by atoms with van der Waals surface area (Å²) in [5, 5.41) is 0. The van der Waals surface area contributed by atoms with Gasteiger partial charge >= 0.3 is 7.32 Å². The van der Waals surface area contributed by atoms with Crippen LogP contribution < -0.4 is 0 Å². The quantitative estimate of drug-likeness (QED) is 0.0962. The van der Waals surface area contributed by atoms with Gasteiger partial charge in [-0.05, 0) is 109 Å². The molecule has 9 rings (SSSR count). The van der Waals surface area contributed by atoms with Gasteiger partial charge < -0.3 is 12.3 Å². The van der Waals surface area contributed by atoms with Crippen LogP contribution in [0.4, 0.5) is 0 Å². The first-order valence-corrected chi connectivity index (χ1v) is 24.9. The second-order valence-corrected chi connectivity index (χ2v) is 22.2. The summed E-state index contributed by atoms with van der Waals surface area (Å²) in [5.74, 6) is 0. The van der Waals surface area contributed by atoms with Crippen LogP contribution in [0.25, 0.3) is 0 Å². The van der Waals surface area contributed by atoms with Crippen LogP contribution in [0.2, 0.25) is 0 Å².